The molecule has 0 spiro atoms. The van der Waals surface area contributed by atoms with E-state index in [1.807, 2.05) is 26.0 Å². The highest BCUT2D eigenvalue weighted by molar-refractivity contribution is 6.32. The molecule has 2 rings (SSSR count). The summed E-state index contributed by atoms with van der Waals surface area (Å²) in [7, 11) is 0. The molecule has 0 saturated carbocycles. The van der Waals surface area contributed by atoms with E-state index in [4.69, 9.17) is 11.6 Å². The molecule has 1 heterocycles. The second-order valence-electron chi connectivity index (χ2n) is 4.04. The first-order valence-corrected chi connectivity index (χ1v) is 5.95. The van der Waals surface area contributed by atoms with Crippen LogP contribution in [-0.2, 0) is 0 Å². The van der Waals surface area contributed by atoms with Gasteiger partial charge in [-0.05, 0) is 43.2 Å². The maximum absolute atomic E-state index is 12.1. The predicted molar refractivity (Wildman–Crippen MR) is 73.1 cm³/mol. The van der Waals surface area contributed by atoms with Gasteiger partial charge >= 0.3 is 0 Å². The smallest absolute Gasteiger partial charge is 0.256 e. The van der Waals surface area contributed by atoms with Crippen molar-refractivity contribution < 1.29 is 4.79 Å². The second kappa shape index (κ2) is 5.19. The third-order valence-electron chi connectivity index (χ3n) is 2.86. The number of benzene rings is 1. The van der Waals surface area contributed by atoms with Crippen LogP contribution in [-0.4, -0.2) is 10.9 Å². The normalized spacial score (nSPS) is 10.2. The van der Waals surface area contributed by atoms with E-state index >= 15 is 0 Å². The number of nitrogens with zero attached hydrogens (tertiary/aromatic N) is 1. The predicted octanol–water partition coefficient (Wildman–Crippen LogP) is 3.60. The first-order valence-electron chi connectivity index (χ1n) is 5.57. The lowest BCUT2D eigenvalue weighted by Gasteiger charge is -2.09. The molecule has 4 heteroatoms. The maximum Gasteiger partial charge on any atom is 0.256 e. The van der Waals surface area contributed by atoms with Crippen LogP contribution in [0.2, 0.25) is 5.15 Å². The Kier molecular flexibility index (Phi) is 3.63. The molecule has 0 atom stereocenters. The van der Waals surface area contributed by atoms with Crippen LogP contribution in [0.4, 0.5) is 5.69 Å². The van der Waals surface area contributed by atoms with Gasteiger partial charge in [0.1, 0.15) is 0 Å². The number of amides is 1. The topological polar surface area (TPSA) is 42.0 Å². The van der Waals surface area contributed by atoms with Crippen LogP contribution in [0.3, 0.4) is 0 Å². The van der Waals surface area contributed by atoms with E-state index in [9.17, 15) is 4.79 Å². The first-order chi connectivity index (χ1) is 8.59. The molecule has 1 N–H and O–H groups in total. The molecule has 18 heavy (non-hydrogen) atoms. The van der Waals surface area contributed by atoms with Crippen LogP contribution >= 0.6 is 11.6 Å². The summed E-state index contributed by atoms with van der Waals surface area (Å²) in [5, 5.41) is 3.05. The van der Waals surface area contributed by atoms with E-state index in [2.05, 4.69) is 10.3 Å². The number of aryl methyl sites for hydroxylation is 1. The fraction of sp³-hybridized carbons (Fsp3) is 0.143. The van der Waals surface area contributed by atoms with Crippen molar-refractivity contribution in [2.45, 2.75) is 13.8 Å². The summed E-state index contributed by atoms with van der Waals surface area (Å²) in [6, 6.07) is 9.08. The van der Waals surface area contributed by atoms with E-state index in [0.717, 1.165) is 11.1 Å². The number of halogens is 1. The third-order valence-corrected chi connectivity index (χ3v) is 3.16. The molecule has 3 nitrogen and oxygen atoms in total. The average molecular weight is 261 g/mol. The number of rotatable bonds is 2. The molecule has 0 unspecified atom stereocenters. The Morgan fingerprint density at radius 3 is 2.72 bits per heavy atom. The third kappa shape index (κ3) is 2.51. The highest BCUT2D eigenvalue weighted by atomic mass is 35.5. The maximum atomic E-state index is 12.1. The van der Waals surface area contributed by atoms with E-state index in [0.29, 0.717) is 11.3 Å². The minimum absolute atomic E-state index is 0.175. The zero-order valence-corrected chi connectivity index (χ0v) is 11.0. The summed E-state index contributed by atoms with van der Waals surface area (Å²) in [6.07, 6.45) is 1.58. The van der Waals surface area contributed by atoms with E-state index in [1.165, 1.54) is 0 Å². The van der Waals surface area contributed by atoms with E-state index < -0.39 is 0 Å². The van der Waals surface area contributed by atoms with Gasteiger partial charge in [-0.25, -0.2) is 4.98 Å². The summed E-state index contributed by atoms with van der Waals surface area (Å²) < 4.78 is 0. The van der Waals surface area contributed by atoms with Gasteiger partial charge in [-0.3, -0.25) is 4.79 Å². The molecule has 1 amide bonds. The Hall–Kier alpha value is -1.87. The highest BCUT2D eigenvalue weighted by Gasteiger charge is 2.11. The standard InChI is InChI=1S/C14H13ClN2O/c1-9-5-3-6-11(10(9)2)14(18)17-12-7-4-8-16-13(12)15/h3-8H,1-2H3,(H,17,18). The number of nitrogens with one attached hydrogen (secondary N) is 1. The van der Waals surface area contributed by atoms with Crippen molar-refractivity contribution in [1.29, 1.82) is 0 Å². The van der Waals surface area contributed by atoms with Crippen LogP contribution in [0.25, 0.3) is 0 Å². The van der Waals surface area contributed by atoms with Crippen molar-refractivity contribution in [3.8, 4) is 0 Å². The van der Waals surface area contributed by atoms with E-state index in [-0.39, 0.29) is 11.1 Å². The van der Waals surface area contributed by atoms with Gasteiger partial charge in [-0.15, -0.1) is 0 Å². The van der Waals surface area contributed by atoms with Crippen LogP contribution in [0.5, 0.6) is 0 Å². The molecule has 0 radical (unpaired) electrons. The number of carbonyl (C=O) groups is 1. The van der Waals surface area contributed by atoms with Crippen molar-refractivity contribution in [1.82, 2.24) is 4.98 Å². The molecule has 0 saturated heterocycles. The van der Waals surface area contributed by atoms with Crippen LogP contribution < -0.4 is 5.32 Å². The zero-order valence-electron chi connectivity index (χ0n) is 10.2. The number of hydrogen-bond acceptors (Lipinski definition) is 2. The molecule has 1 aromatic heterocycles. The molecule has 0 bridgehead atoms. The number of anilines is 1. The van der Waals surface area contributed by atoms with Crippen molar-refractivity contribution in [2.75, 3.05) is 5.32 Å². The Balaban J connectivity index is 2.28. The SMILES string of the molecule is Cc1cccc(C(=O)Nc2cccnc2Cl)c1C. The molecular formula is C14H13ClN2O. The molecule has 0 aliphatic carbocycles. The summed E-state index contributed by atoms with van der Waals surface area (Å²) in [4.78, 5) is 16.1. The Bertz CT molecular complexity index is 596. The Morgan fingerprint density at radius 2 is 2.00 bits per heavy atom. The largest absolute Gasteiger partial charge is 0.319 e. The summed E-state index contributed by atoms with van der Waals surface area (Å²) in [5.74, 6) is -0.175. The minimum Gasteiger partial charge on any atom is -0.319 e. The number of hydrogen-bond donors (Lipinski definition) is 1. The Morgan fingerprint density at radius 1 is 1.22 bits per heavy atom. The van der Waals surface area contributed by atoms with Gasteiger partial charge in [0.2, 0.25) is 0 Å². The lowest BCUT2D eigenvalue weighted by atomic mass is 10.0. The summed E-state index contributed by atoms with van der Waals surface area (Å²) in [5.41, 5.74) is 3.22. The monoisotopic (exact) mass is 260 g/mol. The highest BCUT2D eigenvalue weighted by Crippen LogP contribution is 2.20. The second-order valence-corrected chi connectivity index (χ2v) is 4.40. The zero-order chi connectivity index (χ0) is 13.1. The van der Waals surface area contributed by atoms with Crippen LogP contribution in [0.1, 0.15) is 21.5 Å². The van der Waals surface area contributed by atoms with Crippen LogP contribution in [0, 0.1) is 13.8 Å². The minimum atomic E-state index is -0.175. The molecule has 1 aromatic carbocycles. The molecule has 0 aliphatic heterocycles. The molecular weight excluding hydrogens is 248 g/mol. The Labute approximate surface area is 111 Å². The molecule has 0 fully saturated rings. The van der Waals surface area contributed by atoms with Gasteiger partial charge in [0.15, 0.2) is 5.15 Å². The molecule has 0 aliphatic rings. The summed E-state index contributed by atoms with van der Waals surface area (Å²) >= 11 is 5.90. The van der Waals surface area contributed by atoms with Gasteiger partial charge in [0, 0.05) is 11.8 Å². The van der Waals surface area contributed by atoms with Crippen molar-refractivity contribution in [3.05, 3.63) is 58.4 Å². The van der Waals surface area contributed by atoms with Gasteiger partial charge in [-0.2, -0.15) is 0 Å². The lowest BCUT2D eigenvalue weighted by molar-refractivity contribution is 0.102. The molecule has 92 valence electrons. The van der Waals surface area contributed by atoms with Gasteiger partial charge in [-0.1, -0.05) is 23.7 Å². The van der Waals surface area contributed by atoms with E-state index in [1.54, 1.807) is 24.4 Å². The van der Waals surface area contributed by atoms with Crippen molar-refractivity contribution in [2.24, 2.45) is 0 Å². The first kappa shape index (κ1) is 12.6. The average Bonchev–Trinajstić information content (AvgIpc) is 2.35. The van der Waals surface area contributed by atoms with Gasteiger partial charge in [0.05, 0.1) is 5.69 Å². The lowest BCUT2D eigenvalue weighted by Crippen LogP contribution is -2.14. The quantitative estimate of drug-likeness (QED) is 0.839. The van der Waals surface area contributed by atoms with Gasteiger partial charge < -0.3 is 5.32 Å². The van der Waals surface area contributed by atoms with Gasteiger partial charge in [0.25, 0.3) is 5.91 Å². The van der Waals surface area contributed by atoms with Crippen LogP contribution in [0.15, 0.2) is 36.5 Å². The number of aromatic nitrogens is 1. The summed E-state index contributed by atoms with van der Waals surface area (Å²) in [6.45, 7) is 3.90. The fourth-order valence-corrected chi connectivity index (χ4v) is 1.83. The van der Waals surface area contributed by atoms with Crippen molar-refractivity contribution >= 4 is 23.2 Å². The number of pyridine rings is 1. The fourth-order valence-electron chi connectivity index (χ4n) is 1.67. The molecule has 2 aromatic rings. The number of carbonyl (C=O) groups excluding carboxylic acids is 1. The van der Waals surface area contributed by atoms with Crippen molar-refractivity contribution in [3.63, 3.8) is 0 Å².